The van der Waals surface area contributed by atoms with Gasteiger partial charge in [-0.3, -0.25) is 4.79 Å². The zero-order valence-electron chi connectivity index (χ0n) is 10.7. The summed E-state index contributed by atoms with van der Waals surface area (Å²) < 4.78 is 0. The van der Waals surface area contributed by atoms with Crippen LogP contribution < -0.4 is 11.1 Å². The van der Waals surface area contributed by atoms with E-state index in [2.05, 4.69) is 5.32 Å². The second kappa shape index (κ2) is 7.07. The first-order valence-corrected chi connectivity index (χ1v) is 7.28. The molecule has 19 heavy (non-hydrogen) atoms. The van der Waals surface area contributed by atoms with Gasteiger partial charge in [-0.1, -0.05) is 24.3 Å². The maximum Gasteiger partial charge on any atom is 0.232 e. The molecule has 0 bridgehead atoms. The van der Waals surface area contributed by atoms with Crippen LogP contribution in [0.3, 0.4) is 0 Å². The van der Waals surface area contributed by atoms with E-state index in [1.807, 2.05) is 47.8 Å². The van der Waals surface area contributed by atoms with Crippen molar-refractivity contribution in [1.82, 2.24) is 0 Å². The Hall–Kier alpha value is -1.65. The number of carbonyl (C=O) groups is 1. The monoisotopic (exact) mass is 274 g/mol. The highest BCUT2D eigenvalue weighted by Crippen LogP contribution is 2.27. The minimum absolute atomic E-state index is 0.0436. The van der Waals surface area contributed by atoms with Crippen LogP contribution in [0, 0.1) is 0 Å². The predicted molar refractivity (Wildman–Crippen MR) is 80.4 cm³/mol. The fourth-order valence-electron chi connectivity index (χ4n) is 1.96. The number of nitrogens with one attached hydrogen (secondary N) is 1. The van der Waals surface area contributed by atoms with Crippen molar-refractivity contribution in [3.8, 4) is 0 Å². The molecule has 0 fully saturated rings. The van der Waals surface area contributed by atoms with E-state index in [1.165, 1.54) is 0 Å². The third-order valence-electron chi connectivity index (χ3n) is 2.94. The Morgan fingerprint density at radius 2 is 2.00 bits per heavy atom. The van der Waals surface area contributed by atoms with Crippen molar-refractivity contribution >= 4 is 22.9 Å². The molecule has 1 unspecified atom stereocenters. The highest BCUT2D eigenvalue weighted by molar-refractivity contribution is 7.10. The summed E-state index contributed by atoms with van der Waals surface area (Å²) in [7, 11) is 0. The molecule has 3 nitrogen and oxygen atoms in total. The second-order valence-electron chi connectivity index (χ2n) is 4.35. The maximum absolute atomic E-state index is 12.4. The number of hydrogen-bond acceptors (Lipinski definition) is 3. The molecule has 1 aromatic heterocycles. The van der Waals surface area contributed by atoms with Gasteiger partial charge in [0.1, 0.15) is 0 Å². The molecule has 1 heterocycles. The predicted octanol–water partition coefficient (Wildman–Crippen LogP) is 3.21. The molecule has 0 saturated heterocycles. The summed E-state index contributed by atoms with van der Waals surface area (Å²) in [5, 5.41) is 4.97. The summed E-state index contributed by atoms with van der Waals surface area (Å²) in [5.74, 6) is -0.0640. The van der Waals surface area contributed by atoms with E-state index < -0.39 is 0 Å². The Bertz CT molecular complexity index is 496. The summed E-state index contributed by atoms with van der Waals surface area (Å²) >= 11 is 1.62. The van der Waals surface area contributed by atoms with E-state index in [0.29, 0.717) is 6.54 Å². The zero-order valence-corrected chi connectivity index (χ0v) is 11.5. The molecule has 0 spiro atoms. The molecule has 100 valence electrons. The fourth-order valence-corrected chi connectivity index (χ4v) is 2.83. The van der Waals surface area contributed by atoms with Crippen LogP contribution in [0.1, 0.15) is 23.6 Å². The van der Waals surface area contributed by atoms with Crippen LogP contribution in [0.5, 0.6) is 0 Å². The SMILES string of the molecule is NCCCC(C(=O)Nc1ccccc1)c1cccs1. The molecular weight excluding hydrogens is 256 g/mol. The lowest BCUT2D eigenvalue weighted by molar-refractivity contribution is -0.117. The van der Waals surface area contributed by atoms with Crippen molar-refractivity contribution in [2.75, 3.05) is 11.9 Å². The van der Waals surface area contributed by atoms with Crippen LogP contribution >= 0.6 is 11.3 Å². The normalized spacial score (nSPS) is 12.1. The number of para-hydroxylation sites is 1. The molecule has 1 atom stereocenters. The van der Waals surface area contributed by atoms with Crippen LogP contribution in [-0.2, 0) is 4.79 Å². The van der Waals surface area contributed by atoms with E-state index in [1.54, 1.807) is 11.3 Å². The number of anilines is 1. The molecule has 1 amide bonds. The number of benzene rings is 1. The Morgan fingerprint density at radius 1 is 1.21 bits per heavy atom. The van der Waals surface area contributed by atoms with Gasteiger partial charge in [0, 0.05) is 10.6 Å². The van der Waals surface area contributed by atoms with E-state index in [0.717, 1.165) is 23.4 Å². The van der Waals surface area contributed by atoms with E-state index in [9.17, 15) is 4.79 Å². The molecule has 0 aliphatic carbocycles. The van der Waals surface area contributed by atoms with E-state index in [-0.39, 0.29) is 11.8 Å². The van der Waals surface area contributed by atoms with Gasteiger partial charge < -0.3 is 11.1 Å². The molecule has 0 aliphatic rings. The molecule has 4 heteroatoms. The van der Waals surface area contributed by atoms with Crippen molar-refractivity contribution in [2.24, 2.45) is 5.73 Å². The Kier molecular flexibility index (Phi) is 5.12. The number of thiophene rings is 1. The number of rotatable bonds is 6. The van der Waals surface area contributed by atoms with Gasteiger partial charge in [0.05, 0.1) is 5.92 Å². The second-order valence-corrected chi connectivity index (χ2v) is 5.33. The highest BCUT2D eigenvalue weighted by atomic mass is 32.1. The Balaban J connectivity index is 2.07. The van der Waals surface area contributed by atoms with Crippen LogP contribution in [0.4, 0.5) is 5.69 Å². The third-order valence-corrected chi connectivity index (χ3v) is 3.93. The first kappa shape index (κ1) is 13.8. The molecule has 0 radical (unpaired) electrons. The quantitative estimate of drug-likeness (QED) is 0.850. The topological polar surface area (TPSA) is 55.1 Å². The average Bonchev–Trinajstić information content (AvgIpc) is 2.94. The third kappa shape index (κ3) is 3.91. The van der Waals surface area contributed by atoms with Crippen molar-refractivity contribution in [3.63, 3.8) is 0 Å². The Morgan fingerprint density at radius 3 is 2.63 bits per heavy atom. The average molecular weight is 274 g/mol. The standard InChI is InChI=1S/C15H18N2OS/c16-10-4-8-13(14-9-5-11-19-14)15(18)17-12-6-2-1-3-7-12/h1-3,5-7,9,11,13H,4,8,10,16H2,(H,17,18). The van der Waals surface area contributed by atoms with Crippen LogP contribution in [0.15, 0.2) is 47.8 Å². The summed E-state index contributed by atoms with van der Waals surface area (Å²) in [4.78, 5) is 13.5. The van der Waals surface area contributed by atoms with Gasteiger partial charge >= 0.3 is 0 Å². The number of hydrogen-bond donors (Lipinski definition) is 2. The van der Waals surface area contributed by atoms with Crippen LogP contribution in [0.25, 0.3) is 0 Å². The lowest BCUT2D eigenvalue weighted by atomic mass is 10.00. The van der Waals surface area contributed by atoms with Crippen molar-refractivity contribution in [3.05, 3.63) is 52.7 Å². The summed E-state index contributed by atoms with van der Waals surface area (Å²) in [6.45, 7) is 0.612. The molecule has 2 rings (SSSR count). The molecule has 1 aromatic carbocycles. The van der Waals surface area contributed by atoms with Gasteiger partial charge in [-0.15, -0.1) is 11.3 Å². The fraction of sp³-hybridized carbons (Fsp3) is 0.267. The Labute approximate surface area is 117 Å². The van der Waals surface area contributed by atoms with Crippen molar-refractivity contribution < 1.29 is 4.79 Å². The number of nitrogens with two attached hydrogens (primary N) is 1. The molecule has 3 N–H and O–H groups in total. The summed E-state index contributed by atoms with van der Waals surface area (Å²) in [6.07, 6.45) is 1.64. The molecule has 2 aromatic rings. The number of amides is 1. The minimum atomic E-state index is -0.108. The smallest absolute Gasteiger partial charge is 0.232 e. The van der Waals surface area contributed by atoms with E-state index >= 15 is 0 Å². The molecular formula is C15H18N2OS. The first-order chi connectivity index (χ1) is 9.31. The lowest BCUT2D eigenvalue weighted by Crippen LogP contribution is -2.21. The summed E-state index contributed by atoms with van der Waals surface area (Å²) in [6, 6.07) is 13.5. The van der Waals surface area contributed by atoms with Gasteiger partial charge in [0.2, 0.25) is 5.91 Å². The van der Waals surface area contributed by atoms with Crippen LogP contribution in [-0.4, -0.2) is 12.5 Å². The molecule has 0 aliphatic heterocycles. The highest BCUT2D eigenvalue weighted by Gasteiger charge is 2.21. The maximum atomic E-state index is 12.4. The largest absolute Gasteiger partial charge is 0.330 e. The number of carbonyl (C=O) groups excluding carboxylic acids is 1. The van der Waals surface area contributed by atoms with E-state index in [4.69, 9.17) is 5.73 Å². The van der Waals surface area contributed by atoms with Crippen molar-refractivity contribution in [1.29, 1.82) is 0 Å². The summed E-state index contributed by atoms with van der Waals surface area (Å²) in [5.41, 5.74) is 6.39. The first-order valence-electron chi connectivity index (χ1n) is 6.40. The van der Waals surface area contributed by atoms with Crippen molar-refractivity contribution in [2.45, 2.75) is 18.8 Å². The lowest BCUT2D eigenvalue weighted by Gasteiger charge is -2.15. The van der Waals surface area contributed by atoms with Gasteiger partial charge in [-0.2, -0.15) is 0 Å². The van der Waals surface area contributed by atoms with Gasteiger partial charge in [-0.25, -0.2) is 0 Å². The van der Waals surface area contributed by atoms with Gasteiger partial charge in [0.25, 0.3) is 0 Å². The zero-order chi connectivity index (χ0) is 13.5. The molecule has 0 saturated carbocycles. The minimum Gasteiger partial charge on any atom is -0.330 e. The van der Waals surface area contributed by atoms with Crippen LogP contribution in [0.2, 0.25) is 0 Å². The van der Waals surface area contributed by atoms with Gasteiger partial charge in [0.15, 0.2) is 0 Å². The van der Waals surface area contributed by atoms with Gasteiger partial charge in [-0.05, 0) is 43.0 Å².